The second-order valence-corrected chi connectivity index (χ2v) is 3.88. The van der Waals surface area contributed by atoms with Crippen LogP contribution in [0.2, 0.25) is 0 Å². The molecule has 0 N–H and O–H groups in total. The zero-order valence-electron chi connectivity index (χ0n) is 9.26. The topological polar surface area (TPSA) is 30.2 Å². The van der Waals surface area contributed by atoms with E-state index in [1.807, 2.05) is 25.1 Å². The van der Waals surface area contributed by atoms with E-state index in [0.717, 1.165) is 16.9 Å². The maximum atomic E-state index is 12.8. The number of hydrogen-bond acceptors (Lipinski definition) is 2. The van der Waals surface area contributed by atoms with Crippen molar-refractivity contribution in [3.63, 3.8) is 0 Å². The third-order valence-corrected chi connectivity index (χ3v) is 2.65. The first-order chi connectivity index (χ1) is 8.24. The molecule has 0 saturated heterocycles. The molecule has 0 aliphatic heterocycles. The maximum Gasteiger partial charge on any atom is 0.182 e. The van der Waals surface area contributed by atoms with Gasteiger partial charge in [0.25, 0.3) is 0 Å². The number of aromatic nitrogens is 3. The Balaban J connectivity index is 2.18. The molecule has 0 aliphatic carbocycles. The van der Waals surface area contributed by atoms with Gasteiger partial charge in [-0.15, -0.1) is 5.10 Å². The Bertz CT molecular complexity index is 671. The van der Waals surface area contributed by atoms with Gasteiger partial charge in [-0.3, -0.25) is 0 Å². The van der Waals surface area contributed by atoms with Crippen LogP contribution in [-0.2, 0) is 0 Å². The van der Waals surface area contributed by atoms with E-state index in [2.05, 4.69) is 10.1 Å². The standard InChI is InChI=1S/C13H10FN3/c1-9-3-2-4-12-15-13(16-17(9)12)10-5-7-11(14)8-6-10/h2-8H,1H3. The van der Waals surface area contributed by atoms with Crippen molar-refractivity contribution >= 4 is 5.65 Å². The number of pyridine rings is 1. The number of fused-ring (bicyclic) bond motifs is 1. The van der Waals surface area contributed by atoms with Gasteiger partial charge in [-0.05, 0) is 43.3 Å². The summed E-state index contributed by atoms with van der Waals surface area (Å²) < 4.78 is 14.6. The van der Waals surface area contributed by atoms with Gasteiger partial charge in [0.1, 0.15) is 5.82 Å². The Hall–Kier alpha value is -2.23. The lowest BCUT2D eigenvalue weighted by molar-refractivity contribution is 0.628. The molecule has 3 rings (SSSR count). The minimum atomic E-state index is -0.256. The minimum Gasteiger partial charge on any atom is -0.218 e. The Morgan fingerprint density at radius 2 is 1.82 bits per heavy atom. The molecule has 0 spiro atoms. The number of benzene rings is 1. The number of hydrogen-bond donors (Lipinski definition) is 0. The molecule has 0 fully saturated rings. The summed E-state index contributed by atoms with van der Waals surface area (Å²) in [5, 5.41) is 4.40. The number of halogens is 1. The summed E-state index contributed by atoms with van der Waals surface area (Å²) in [6.07, 6.45) is 0. The van der Waals surface area contributed by atoms with Crippen LogP contribution in [0.3, 0.4) is 0 Å². The van der Waals surface area contributed by atoms with Gasteiger partial charge in [0.15, 0.2) is 11.5 Å². The lowest BCUT2D eigenvalue weighted by Gasteiger charge is -1.95. The normalized spacial score (nSPS) is 10.9. The molecule has 0 amide bonds. The molecular formula is C13H10FN3. The molecule has 0 aliphatic rings. The van der Waals surface area contributed by atoms with Crippen LogP contribution in [0.5, 0.6) is 0 Å². The number of aryl methyl sites for hydroxylation is 1. The Morgan fingerprint density at radius 3 is 2.53 bits per heavy atom. The third-order valence-electron chi connectivity index (χ3n) is 2.65. The quantitative estimate of drug-likeness (QED) is 0.640. The molecule has 0 atom stereocenters. The Morgan fingerprint density at radius 1 is 1.06 bits per heavy atom. The predicted octanol–water partition coefficient (Wildman–Crippen LogP) is 2.84. The van der Waals surface area contributed by atoms with E-state index in [1.54, 1.807) is 16.6 Å². The zero-order chi connectivity index (χ0) is 11.8. The van der Waals surface area contributed by atoms with E-state index in [9.17, 15) is 4.39 Å². The van der Waals surface area contributed by atoms with E-state index >= 15 is 0 Å². The second-order valence-electron chi connectivity index (χ2n) is 3.88. The van der Waals surface area contributed by atoms with Crippen molar-refractivity contribution in [2.75, 3.05) is 0 Å². The van der Waals surface area contributed by atoms with Crippen molar-refractivity contribution < 1.29 is 4.39 Å². The second kappa shape index (κ2) is 3.66. The van der Waals surface area contributed by atoms with Gasteiger partial charge in [0.05, 0.1) is 0 Å². The number of nitrogens with zero attached hydrogens (tertiary/aromatic N) is 3. The highest BCUT2D eigenvalue weighted by atomic mass is 19.1. The SMILES string of the molecule is Cc1cccc2nc(-c3ccc(F)cc3)nn12. The van der Waals surface area contributed by atoms with Gasteiger partial charge >= 0.3 is 0 Å². The van der Waals surface area contributed by atoms with E-state index in [4.69, 9.17) is 0 Å². The van der Waals surface area contributed by atoms with E-state index in [-0.39, 0.29) is 5.82 Å². The van der Waals surface area contributed by atoms with E-state index in [0.29, 0.717) is 5.82 Å². The van der Waals surface area contributed by atoms with Crippen molar-refractivity contribution in [2.24, 2.45) is 0 Å². The first kappa shape index (κ1) is 9.96. The van der Waals surface area contributed by atoms with Gasteiger partial charge in [0.2, 0.25) is 0 Å². The molecule has 0 bridgehead atoms. The Labute approximate surface area is 97.5 Å². The van der Waals surface area contributed by atoms with Gasteiger partial charge in [0, 0.05) is 11.3 Å². The highest BCUT2D eigenvalue weighted by Crippen LogP contribution is 2.17. The largest absolute Gasteiger partial charge is 0.218 e. The van der Waals surface area contributed by atoms with Crippen molar-refractivity contribution in [3.8, 4) is 11.4 Å². The molecule has 1 aromatic carbocycles. The van der Waals surface area contributed by atoms with Crippen LogP contribution in [0.15, 0.2) is 42.5 Å². The summed E-state index contributed by atoms with van der Waals surface area (Å²) in [7, 11) is 0. The van der Waals surface area contributed by atoms with Crippen LogP contribution in [0, 0.1) is 12.7 Å². The van der Waals surface area contributed by atoms with Crippen molar-refractivity contribution in [1.82, 2.24) is 14.6 Å². The average molecular weight is 227 g/mol. The van der Waals surface area contributed by atoms with Crippen molar-refractivity contribution in [3.05, 3.63) is 54.0 Å². The lowest BCUT2D eigenvalue weighted by atomic mass is 10.2. The van der Waals surface area contributed by atoms with Crippen LogP contribution in [-0.4, -0.2) is 14.6 Å². The van der Waals surface area contributed by atoms with Crippen molar-refractivity contribution in [1.29, 1.82) is 0 Å². The van der Waals surface area contributed by atoms with Crippen LogP contribution in [0.4, 0.5) is 4.39 Å². The molecule has 2 aromatic heterocycles. The van der Waals surface area contributed by atoms with E-state index < -0.39 is 0 Å². The fraction of sp³-hybridized carbons (Fsp3) is 0.0769. The average Bonchev–Trinajstić information content (AvgIpc) is 2.75. The van der Waals surface area contributed by atoms with Crippen LogP contribution in [0.25, 0.3) is 17.0 Å². The summed E-state index contributed by atoms with van der Waals surface area (Å²) in [5.41, 5.74) is 2.63. The Kier molecular flexibility index (Phi) is 2.14. The van der Waals surface area contributed by atoms with Gasteiger partial charge < -0.3 is 0 Å². The molecule has 0 unspecified atom stereocenters. The fourth-order valence-electron chi connectivity index (χ4n) is 1.76. The highest BCUT2D eigenvalue weighted by molar-refractivity contribution is 5.58. The monoisotopic (exact) mass is 227 g/mol. The molecule has 84 valence electrons. The minimum absolute atomic E-state index is 0.256. The smallest absolute Gasteiger partial charge is 0.182 e. The predicted molar refractivity (Wildman–Crippen MR) is 63.1 cm³/mol. The lowest BCUT2D eigenvalue weighted by Crippen LogP contribution is -1.91. The molecule has 3 aromatic rings. The molecule has 3 nitrogen and oxygen atoms in total. The highest BCUT2D eigenvalue weighted by Gasteiger charge is 2.06. The van der Waals surface area contributed by atoms with Gasteiger partial charge in [-0.25, -0.2) is 13.9 Å². The molecule has 4 heteroatoms. The first-order valence-electron chi connectivity index (χ1n) is 5.32. The summed E-state index contributed by atoms with van der Waals surface area (Å²) in [6.45, 7) is 1.97. The van der Waals surface area contributed by atoms with Crippen LogP contribution in [0.1, 0.15) is 5.69 Å². The molecule has 0 radical (unpaired) electrons. The molecule has 2 heterocycles. The molecular weight excluding hydrogens is 217 g/mol. The van der Waals surface area contributed by atoms with Crippen LogP contribution >= 0.6 is 0 Å². The number of rotatable bonds is 1. The van der Waals surface area contributed by atoms with E-state index in [1.165, 1.54) is 12.1 Å². The zero-order valence-corrected chi connectivity index (χ0v) is 9.26. The third kappa shape index (κ3) is 1.67. The van der Waals surface area contributed by atoms with Gasteiger partial charge in [-0.2, -0.15) is 0 Å². The van der Waals surface area contributed by atoms with Crippen molar-refractivity contribution in [2.45, 2.75) is 6.92 Å². The fourth-order valence-corrected chi connectivity index (χ4v) is 1.76. The molecule has 0 saturated carbocycles. The summed E-state index contributed by atoms with van der Waals surface area (Å²) in [4.78, 5) is 4.40. The van der Waals surface area contributed by atoms with Crippen LogP contribution < -0.4 is 0 Å². The first-order valence-corrected chi connectivity index (χ1v) is 5.32. The molecule has 17 heavy (non-hydrogen) atoms. The summed E-state index contributed by atoms with van der Waals surface area (Å²) >= 11 is 0. The summed E-state index contributed by atoms with van der Waals surface area (Å²) in [6, 6.07) is 12.0. The van der Waals surface area contributed by atoms with Gasteiger partial charge in [-0.1, -0.05) is 6.07 Å². The summed E-state index contributed by atoms with van der Waals surface area (Å²) in [5.74, 6) is 0.355. The maximum absolute atomic E-state index is 12.8.